The SMILES string of the molecule is COCCCCC1(CNC(=O)C2CC(C(=O)N(C)CC(C)C)CN(C(=O)OC(C)(C)C)C2)c2ccccc2Oc2ccccc21. The lowest BCUT2D eigenvalue weighted by atomic mass is 9.69. The minimum absolute atomic E-state index is 0.0587. The molecule has 1 saturated heterocycles. The third-order valence-electron chi connectivity index (χ3n) is 8.63. The van der Waals surface area contributed by atoms with Crippen molar-refractivity contribution in [2.75, 3.05) is 46.9 Å². The normalized spacial score (nSPS) is 18.8. The maximum atomic E-state index is 14.1. The fourth-order valence-electron chi connectivity index (χ4n) is 6.66. The van der Waals surface area contributed by atoms with Gasteiger partial charge in [-0.2, -0.15) is 0 Å². The molecule has 45 heavy (non-hydrogen) atoms. The van der Waals surface area contributed by atoms with Crippen molar-refractivity contribution in [2.24, 2.45) is 17.8 Å². The molecule has 2 atom stereocenters. The molecule has 2 aromatic rings. The first kappa shape index (κ1) is 34.3. The molecule has 1 N–H and O–H groups in total. The minimum Gasteiger partial charge on any atom is -0.457 e. The predicted molar refractivity (Wildman–Crippen MR) is 174 cm³/mol. The van der Waals surface area contributed by atoms with Crippen LogP contribution in [0.5, 0.6) is 11.5 Å². The van der Waals surface area contributed by atoms with Crippen molar-refractivity contribution in [3.8, 4) is 11.5 Å². The number of rotatable bonds is 11. The molecule has 0 radical (unpaired) electrons. The molecule has 2 aliphatic rings. The van der Waals surface area contributed by atoms with E-state index in [1.165, 1.54) is 4.90 Å². The van der Waals surface area contributed by atoms with E-state index < -0.39 is 28.9 Å². The molecule has 2 aromatic carbocycles. The molecule has 2 heterocycles. The number of carbonyl (C=O) groups excluding carboxylic acids is 3. The van der Waals surface area contributed by atoms with Gasteiger partial charge in [0.1, 0.15) is 17.1 Å². The third-order valence-corrected chi connectivity index (χ3v) is 8.63. The van der Waals surface area contributed by atoms with Gasteiger partial charge in [-0.25, -0.2) is 4.79 Å². The monoisotopic (exact) mass is 621 g/mol. The highest BCUT2D eigenvalue weighted by Gasteiger charge is 2.44. The second-order valence-electron chi connectivity index (χ2n) is 14.0. The summed E-state index contributed by atoms with van der Waals surface area (Å²) in [6, 6.07) is 16.0. The Morgan fingerprint density at radius 1 is 1.00 bits per heavy atom. The Morgan fingerprint density at radius 2 is 1.60 bits per heavy atom. The van der Waals surface area contributed by atoms with Crippen LogP contribution in [0, 0.1) is 17.8 Å². The van der Waals surface area contributed by atoms with Crippen LogP contribution in [0.4, 0.5) is 4.79 Å². The summed E-state index contributed by atoms with van der Waals surface area (Å²) in [4.78, 5) is 44.1. The number of nitrogens with one attached hydrogen (secondary N) is 1. The molecule has 4 rings (SSSR count). The molecule has 246 valence electrons. The zero-order valence-corrected chi connectivity index (χ0v) is 28.1. The first-order valence-corrected chi connectivity index (χ1v) is 16.2. The Labute approximate surface area is 268 Å². The van der Waals surface area contributed by atoms with E-state index in [9.17, 15) is 14.4 Å². The quantitative estimate of drug-likeness (QED) is 0.309. The summed E-state index contributed by atoms with van der Waals surface area (Å²) < 4.78 is 17.3. The standard InChI is InChI=1S/C36H51N3O6/c1-25(2)21-38(6)33(41)27-20-26(22-39(23-27)34(42)45-35(3,4)5)32(40)37-24-36(18-12-13-19-43-7)28-14-8-10-16-30(28)44-31-17-11-9-15-29(31)36/h8-11,14-17,25-27H,12-13,18-24H2,1-7H3,(H,37,40). The number of hydrogen-bond donors (Lipinski definition) is 1. The van der Waals surface area contributed by atoms with Gasteiger partial charge < -0.3 is 29.3 Å². The van der Waals surface area contributed by atoms with Crippen molar-refractivity contribution < 1.29 is 28.6 Å². The van der Waals surface area contributed by atoms with E-state index in [1.807, 2.05) is 57.2 Å². The van der Waals surface area contributed by atoms with E-state index in [4.69, 9.17) is 14.2 Å². The lowest BCUT2D eigenvalue weighted by Gasteiger charge is -2.42. The van der Waals surface area contributed by atoms with Crippen molar-refractivity contribution in [1.29, 1.82) is 0 Å². The summed E-state index contributed by atoms with van der Waals surface area (Å²) in [7, 11) is 3.50. The highest BCUT2D eigenvalue weighted by molar-refractivity contribution is 5.84. The van der Waals surface area contributed by atoms with Crippen molar-refractivity contribution in [3.05, 3.63) is 59.7 Å². The molecule has 2 unspecified atom stereocenters. The summed E-state index contributed by atoms with van der Waals surface area (Å²) in [6.45, 7) is 11.6. The van der Waals surface area contributed by atoms with Gasteiger partial charge in [0.2, 0.25) is 11.8 Å². The molecule has 0 saturated carbocycles. The Hall–Kier alpha value is -3.59. The van der Waals surface area contributed by atoms with Crippen LogP contribution < -0.4 is 10.1 Å². The van der Waals surface area contributed by atoms with Crippen molar-refractivity contribution in [2.45, 2.75) is 71.3 Å². The summed E-state index contributed by atoms with van der Waals surface area (Å²) >= 11 is 0. The molecule has 9 heteroatoms. The van der Waals surface area contributed by atoms with Crippen molar-refractivity contribution in [3.63, 3.8) is 0 Å². The highest BCUT2D eigenvalue weighted by atomic mass is 16.6. The number of nitrogens with zero attached hydrogens (tertiary/aromatic N) is 2. The fraction of sp³-hybridized carbons (Fsp3) is 0.583. The van der Waals surface area contributed by atoms with Gasteiger partial charge in [0.05, 0.1) is 11.8 Å². The molecule has 9 nitrogen and oxygen atoms in total. The van der Waals surface area contributed by atoms with Crippen molar-refractivity contribution in [1.82, 2.24) is 15.1 Å². The second kappa shape index (κ2) is 14.7. The van der Waals surface area contributed by atoms with Gasteiger partial charge in [-0.3, -0.25) is 9.59 Å². The number of carbonyl (C=O) groups is 3. The van der Waals surface area contributed by atoms with Crippen molar-refractivity contribution >= 4 is 17.9 Å². The molecular formula is C36H51N3O6. The van der Waals surface area contributed by atoms with Gasteiger partial charge in [0.15, 0.2) is 0 Å². The number of fused-ring (bicyclic) bond motifs is 2. The molecular weight excluding hydrogens is 570 g/mol. The molecule has 0 aromatic heterocycles. The maximum Gasteiger partial charge on any atom is 0.410 e. The number of benzene rings is 2. The zero-order chi connectivity index (χ0) is 32.8. The van der Waals surface area contributed by atoms with Crippen LogP contribution in [0.1, 0.15) is 71.4 Å². The minimum atomic E-state index is -0.695. The van der Waals surface area contributed by atoms with Gasteiger partial charge in [0.25, 0.3) is 0 Å². The summed E-state index contributed by atoms with van der Waals surface area (Å²) in [5.41, 5.74) is 0.841. The number of ether oxygens (including phenoxy) is 3. The number of amides is 3. The zero-order valence-electron chi connectivity index (χ0n) is 28.1. The Morgan fingerprint density at radius 3 is 2.18 bits per heavy atom. The topological polar surface area (TPSA) is 97.4 Å². The van der Waals surface area contributed by atoms with Gasteiger partial charge in [-0.15, -0.1) is 0 Å². The van der Waals surface area contributed by atoms with Crippen LogP contribution in [0.15, 0.2) is 48.5 Å². The maximum absolute atomic E-state index is 14.1. The molecule has 3 amide bonds. The fourth-order valence-corrected chi connectivity index (χ4v) is 6.66. The molecule has 2 aliphatic heterocycles. The Balaban J connectivity index is 1.62. The van der Waals surface area contributed by atoms with E-state index >= 15 is 0 Å². The molecule has 0 spiro atoms. The van der Waals surface area contributed by atoms with Crippen LogP contribution in [0.3, 0.4) is 0 Å². The van der Waals surface area contributed by atoms with E-state index in [0.29, 0.717) is 32.0 Å². The first-order chi connectivity index (χ1) is 21.3. The number of methoxy groups -OCH3 is 1. The van der Waals surface area contributed by atoms with Crippen LogP contribution in [-0.2, 0) is 24.5 Å². The lowest BCUT2D eigenvalue weighted by Crippen LogP contribution is -2.54. The molecule has 1 fully saturated rings. The molecule has 0 aliphatic carbocycles. The predicted octanol–water partition coefficient (Wildman–Crippen LogP) is 6.00. The van der Waals surface area contributed by atoms with Crippen LogP contribution in [0.2, 0.25) is 0 Å². The Bertz CT molecular complexity index is 1290. The van der Waals surface area contributed by atoms with Gasteiger partial charge >= 0.3 is 6.09 Å². The van der Waals surface area contributed by atoms with E-state index in [1.54, 1.807) is 19.1 Å². The summed E-state index contributed by atoms with van der Waals surface area (Å²) in [5, 5.41) is 3.28. The first-order valence-electron chi connectivity index (χ1n) is 16.2. The van der Waals surface area contributed by atoms with Gasteiger partial charge in [-0.1, -0.05) is 50.2 Å². The third kappa shape index (κ3) is 8.37. The highest BCUT2D eigenvalue weighted by Crippen LogP contribution is 2.50. The molecule has 0 bridgehead atoms. The number of unbranched alkanes of at least 4 members (excludes halogenated alkanes) is 1. The summed E-state index contributed by atoms with van der Waals surface area (Å²) in [5.74, 6) is 0.562. The number of likely N-dealkylation sites (tertiary alicyclic amines) is 1. The number of para-hydroxylation sites is 2. The van der Waals surface area contributed by atoms with E-state index in [2.05, 4.69) is 31.3 Å². The smallest absolute Gasteiger partial charge is 0.410 e. The van der Waals surface area contributed by atoms with E-state index in [0.717, 1.165) is 41.9 Å². The van der Waals surface area contributed by atoms with E-state index in [-0.39, 0.29) is 24.9 Å². The summed E-state index contributed by atoms with van der Waals surface area (Å²) in [6.07, 6.45) is 2.42. The van der Waals surface area contributed by atoms with Gasteiger partial charge in [-0.05, 0) is 64.5 Å². The lowest BCUT2D eigenvalue weighted by molar-refractivity contribution is -0.138. The Kier molecular flexibility index (Phi) is 11.2. The van der Waals surface area contributed by atoms with Crippen LogP contribution >= 0.6 is 0 Å². The van der Waals surface area contributed by atoms with Crippen LogP contribution in [-0.4, -0.2) is 80.3 Å². The second-order valence-corrected chi connectivity index (χ2v) is 14.0. The average molecular weight is 622 g/mol. The number of piperidine rings is 1. The average Bonchev–Trinajstić information content (AvgIpc) is 3.00. The van der Waals surface area contributed by atoms with Crippen LogP contribution in [0.25, 0.3) is 0 Å². The largest absolute Gasteiger partial charge is 0.457 e. The van der Waals surface area contributed by atoms with Gasteiger partial charge in [0, 0.05) is 63.5 Å². The number of hydrogen-bond acceptors (Lipinski definition) is 6.